The lowest BCUT2D eigenvalue weighted by molar-refractivity contribution is 0.0332. The number of benzene rings is 2. The summed E-state index contributed by atoms with van der Waals surface area (Å²) < 4.78 is 60.9. The Balaban J connectivity index is 1.61. The molecule has 3 heterocycles. The highest BCUT2D eigenvalue weighted by Crippen LogP contribution is 2.36. The highest BCUT2D eigenvalue weighted by Gasteiger charge is 2.40. The first-order chi connectivity index (χ1) is 17.1. The molecule has 1 fully saturated rings. The van der Waals surface area contributed by atoms with Crippen molar-refractivity contribution in [1.82, 2.24) is 25.0 Å². The van der Waals surface area contributed by atoms with E-state index >= 15 is 8.78 Å². The Bertz CT molecular complexity index is 1520. The van der Waals surface area contributed by atoms with Crippen LogP contribution in [0.1, 0.15) is 23.4 Å². The lowest BCUT2D eigenvalue weighted by Crippen LogP contribution is -2.27. The topological polar surface area (TPSA) is 103 Å². The van der Waals surface area contributed by atoms with E-state index < -0.39 is 28.0 Å². The summed E-state index contributed by atoms with van der Waals surface area (Å²) >= 11 is 6.29. The summed E-state index contributed by atoms with van der Waals surface area (Å²) in [5.74, 6) is -4.09. The summed E-state index contributed by atoms with van der Waals surface area (Å²) in [4.78, 5) is 10.1. The van der Waals surface area contributed by atoms with E-state index in [1.54, 1.807) is 29.2 Å². The van der Waals surface area contributed by atoms with Crippen molar-refractivity contribution >= 4 is 38.7 Å². The van der Waals surface area contributed by atoms with Crippen LogP contribution in [0.25, 0.3) is 11.2 Å². The minimum Gasteiger partial charge on any atom is -0.352 e. The zero-order valence-corrected chi connectivity index (χ0v) is 20.6. The first kappa shape index (κ1) is 24.5. The highest BCUT2D eigenvalue weighted by molar-refractivity contribution is 7.86. The van der Waals surface area contributed by atoms with Crippen LogP contribution in [0.3, 0.4) is 0 Å². The molecule has 13 heteroatoms. The second kappa shape index (κ2) is 9.34. The summed E-state index contributed by atoms with van der Waals surface area (Å²) in [6, 6.07) is 14.4. The van der Waals surface area contributed by atoms with Crippen LogP contribution < -0.4 is 4.90 Å². The lowest BCUT2D eigenvalue weighted by Gasteiger charge is -2.21. The van der Waals surface area contributed by atoms with Crippen molar-refractivity contribution in [2.75, 3.05) is 24.2 Å². The van der Waals surface area contributed by atoms with Crippen molar-refractivity contribution in [1.29, 1.82) is 0 Å². The van der Waals surface area contributed by atoms with Crippen LogP contribution in [0.2, 0.25) is 5.02 Å². The molecule has 0 bridgehead atoms. The molecule has 1 saturated heterocycles. The van der Waals surface area contributed by atoms with Crippen LogP contribution in [0, 0.1) is 0 Å². The van der Waals surface area contributed by atoms with Crippen LogP contribution in [0.15, 0.2) is 54.6 Å². The molecule has 0 spiro atoms. The number of halogens is 3. The molecular formula is C23H21ClF2N6O3S. The SMILES string of the molecule is CS(=O)(=O)OC1CCN(c2nc(C(F)(F)c3ccccc3)nc3c2nnn3Cc2ccccc2Cl)C1. The maximum Gasteiger partial charge on any atom is 0.331 e. The number of anilines is 1. The van der Waals surface area contributed by atoms with Gasteiger partial charge in [-0.2, -0.15) is 17.2 Å². The molecule has 0 N–H and O–H groups in total. The van der Waals surface area contributed by atoms with Crippen molar-refractivity contribution in [3.05, 3.63) is 76.6 Å². The highest BCUT2D eigenvalue weighted by atomic mass is 35.5. The van der Waals surface area contributed by atoms with Gasteiger partial charge in [0.2, 0.25) is 5.82 Å². The Hall–Kier alpha value is -3.22. The second-order valence-electron chi connectivity index (χ2n) is 8.48. The smallest absolute Gasteiger partial charge is 0.331 e. The van der Waals surface area contributed by atoms with Gasteiger partial charge in [-0.3, -0.25) is 4.18 Å². The Morgan fingerprint density at radius 3 is 2.56 bits per heavy atom. The van der Waals surface area contributed by atoms with E-state index in [0.29, 0.717) is 23.6 Å². The molecule has 5 rings (SSSR count). The van der Waals surface area contributed by atoms with Gasteiger partial charge in [0.05, 0.1) is 18.9 Å². The number of aromatic nitrogens is 5. The van der Waals surface area contributed by atoms with Gasteiger partial charge < -0.3 is 4.90 Å². The third kappa shape index (κ3) is 4.88. The predicted molar refractivity (Wildman–Crippen MR) is 130 cm³/mol. The maximum atomic E-state index is 15.6. The standard InChI is InChI=1S/C23H21ClF2N6O3S/c1-36(33,34)35-17-11-12-31(14-17)20-19-21(32(30-29-19)13-15-7-5-6-10-18(15)24)28-22(27-20)23(25,26)16-8-3-2-4-9-16/h2-10,17H,11-14H2,1H3. The summed E-state index contributed by atoms with van der Waals surface area (Å²) in [5.41, 5.74) is 0.776. The van der Waals surface area contributed by atoms with Gasteiger partial charge in [0.15, 0.2) is 17.0 Å². The molecule has 1 atom stereocenters. The summed E-state index contributed by atoms with van der Waals surface area (Å²) in [5, 5.41) is 8.82. The van der Waals surface area contributed by atoms with E-state index in [2.05, 4.69) is 20.3 Å². The summed E-state index contributed by atoms with van der Waals surface area (Å²) in [6.07, 6.45) is 0.704. The number of rotatable bonds is 7. The van der Waals surface area contributed by atoms with Crippen LogP contribution >= 0.6 is 11.6 Å². The Morgan fingerprint density at radius 2 is 1.83 bits per heavy atom. The van der Waals surface area contributed by atoms with Gasteiger partial charge >= 0.3 is 5.92 Å². The van der Waals surface area contributed by atoms with E-state index in [0.717, 1.165) is 6.26 Å². The summed E-state index contributed by atoms with van der Waals surface area (Å²) in [6.45, 7) is 0.621. The number of hydrogen-bond acceptors (Lipinski definition) is 8. The fourth-order valence-corrected chi connectivity index (χ4v) is 4.97. The van der Waals surface area contributed by atoms with Crippen molar-refractivity contribution in [2.45, 2.75) is 25.0 Å². The van der Waals surface area contributed by atoms with E-state index in [9.17, 15) is 8.42 Å². The molecule has 36 heavy (non-hydrogen) atoms. The van der Waals surface area contributed by atoms with Gasteiger partial charge in [-0.15, -0.1) is 5.10 Å². The molecule has 1 aliphatic rings. The fraction of sp³-hybridized carbons (Fsp3) is 0.304. The third-order valence-electron chi connectivity index (χ3n) is 5.79. The van der Waals surface area contributed by atoms with Crippen molar-refractivity contribution < 1.29 is 21.4 Å². The molecule has 1 aliphatic heterocycles. The minimum atomic E-state index is -3.68. The molecule has 4 aromatic rings. The average Bonchev–Trinajstić information content (AvgIpc) is 3.46. The van der Waals surface area contributed by atoms with Gasteiger partial charge in [-0.05, 0) is 18.1 Å². The summed E-state index contributed by atoms with van der Waals surface area (Å²) in [7, 11) is -3.68. The average molecular weight is 535 g/mol. The molecule has 2 aromatic heterocycles. The van der Waals surface area contributed by atoms with Gasteiger partial charge in [-0.1, -0.05) is 65.3 Å². The molecule has 0 amide bonds. The van der Waals surface area contributed by atoms with Crippen LogP contribution in [0.5, 0.6) is 0 Å². The monoisotopic (exact) mass is 534 g/mol. The number of alkyl halides is 2. The van der Waals surface area contributed by atoms with Gasteiger partial charge in [0.1, 0.15) is 0 Å². The molecule has 188 valence electrons. The van der Waals surface area contributed by atoms with Crippen LogP contribution in [-0.4, -0.2) is 58.8 Å². The zero-order valence-electron chi connectivity index (χ0n) is 19.1. The Labute approximate surface area is 210 Å². The molecule has 1 unspecified atom stereocenters. The molecule has 0 saturated carbocycles. The first-order valence-electron chi connectivity index (χ1n) is 11.0. The largest absolute Gasteiger partial charge is 0.352 e. The van der Waals surface area contributed by atoms with E-state index in [-0.39, 0.29) is 35.6 Å². The van der Waals surface area contributed by atoms with Crippen molar-refractivity contribution in [2.24, 2.45) is 0 Å². The van der Waals surface area contributed by atoms with Crippen molar-refractivity contribution in [3.8, 4) is 0 Å². The number of hydrogen-bond donors (Lipinski definition) is 0. The Kier molecular flexibility index (Phi) is 6.35. The second-order valence-corrected chi connectivity index (χ2v) is 10.5. The molecule has 9 nitrogen and oxygen atoms in total. The Morgan fingerprint density at radius 1 is 1.11 bits per heavy atom. The molecule has 0 radical (unpaired) electrons. The normalized spacial score (nSPS) is 16.7. The zero-order chi connectivity index (χ0) is 25.5. The molecular weight excluding hydrogens is 514 g/mol. The predicted octanol–water partition coefficient (Wildman–Crippen LogP) is 3.62. The molecule has 0 aliphatic carbocycles. The van der Waals surface area contributed by atoms with E-state index in [4.69, 9.17) is 15.8 Å². The van der Waals surface area contributed by atoms with Gasteiger partial charge in [0, 0.05) is 23.7 Å². The van der Waals surface area contributed by atoms with Crippen molar-refractivity contribution in [3.63, 3.8) is 0 Å². The van der Waals surface area contributed by atoms with Gasteiger partial charge in [-0.25, -0.2) is 14.6 Å². The first-order valence-corrected chi connectivity index (χ1v) is 13.2. The van der Waals surface area contributed by atoms with E-state index in [1.165, 1.54) is 28.9 Å². The minimum absolute atomic E-state index is 0.109. The third-order valence-corrected chi connectivity index (χ3v) is 6.79. The van der Waals surface area contributed by atoms with Gasteiger partial charge in [0.25, 0.3) is 10.1 Å². The van der Waals surface area contributed by atoms with Crippen LogP contribution in [0.4, 0.5) is 14.6 Å². The number of nitrogens with zero attached hydrogens (tertiary/aromatic N) is 6. The maximum absolute atomic E-state index is 15.6. The van der Waals surface area contributed by atoms with Crippen LogP contribution in [-0.2, 0) is 26.8 Å². The van der Waals surface area contributed by atoms with E-state index in [1.807, 2.05) is 6.07 Å². The lowest BCUT2D eigenvalue weighted by atomic mass is 10.1. The number of fused-ring (bicyclic) bond motifs is 1. The fourth-order valence-electron chi connectivity index (χ4n) is 4.12. The quantitative estimate of drug-likeness (QED) is 0.331. The molecule has 2 aromatic carbocycles.